The number of amides is 1. The Balaban J connectivity index is 1.43. The lowest BCUT2D eigenvalue weighted by molar-refractivity contribution is -0.120. The first-order valence-corrected chi connectivity index (χ1v) is 10.1. The van der Waals surface area contributed by atoms with Crippen LogP contribution in [0.4, 0.5) is 5.69 Å². The van der Waals surface area contributed by atoms with Crippen LogP contribution >= 0.6 is 0 Å². The molecule has 1 aromatic carbocycles. The smallest absolute Gasteiger partial charge is 0.246 e. The van der Waals surface area contributed by atoms with Gasteiger partial charge in [0.1, 0.15) is 18.9 Å². The van der Waals surface area contributed by atoms with Crippen LogP contribution in [0, 0.1) is 0 Å². The van der Waals surface area contributed by atoms with Gasteiger partial charge in [0.2, 0.25) is 5.91 Å². The summed E-state index contributed by atoms with van der Waals surface area (Å²) < 4.78 is 1.70. The summed E-state index contributed by atoms with van der Waals surface area (Å²) in [6.07, 6.45) is 5.39. The number of hydrogen-bond donors (Lipinski definition) is 2. The number of rotatable bonds is 5. The normalized spacial score (nSPS) is 15.0. The molecule has 1 saturated heterocycles. The molecule has 2 aromatic heterocycles. The molecule has 0 spiro atoms. The Hall–Kier alpha value is -3.62. The van der Waals surface area contributed by atoms with Crippen LogP contribution in [0.25, 0.3) is 11.3 Å². The molecule has 0 saturated carbocycles. The maximum Gasteiger partial charge on any atom is 0.246 e. The van der Waals surface area contributed by atoms with Crippen molar-refractivity contribution in [2.45, 2.75) is 13.5 Å². The van der Waals surface area contributed by atoms with Crippen molar-refractivity contribution in [2.75, 3.05) is 31.1 Å². The molecule has 0 bridgehead atoms. The zero-order valence-electron chi connectivity index (χ0n) is 17.2. The van der Waals surface area contributed by atoms with Gasteiger partial charge in [0.25, 0.3) is 0 Å². The number of nitrogens with zero attached hydrogens (tertiary/aromatic N) is 6. The number of imidazole rings is 1. The Labute approximate surface area is 175 Å². The maximum atomic E-state index is 12.7. The van der Waals surface area contributed by atoms with Gasteiger partial charge in [-0.15, -0.1) is 0 Å². The van der Waals surface area contributed by atoms with E-state index in [4.69, 9.17) is 4.99 Å². The van der Waals surface area contributed by atoms with Gasteiger partial charge < -0.3 is 20.1 Å². The molecule has 2 N–H and O–H groups in total. The molecule has 4 rings (SSSR count). The second-order valence-electron chi connectivity index (χ2n) is 7.12. The molecule has 3 aromatic rings. The van der Waals surface area contributed by atoms with E-state index < -0.39 is 0 Å². The number of anilines is 1. The van der Waals surface area contributed by atoms with E-state index in [2.05, 4.69) is 20.4 Å². The molecule has 0 unspecified atom stereocenters. The number of piperazine rings is 1. The van der Waals surface area contributed by atoms with E-state index in [9.17, 15) is 4.79 Å². The minimum Gasteiger partial charge on any atom is -0.356 e. The highest BCUT2D eigenvalue weighted by atomic mass is 16.2. The summed E-state index contributed by atoms with van der Waals surface area (Å²) in [5.41, 5.74) is 2.88. The fraction of sp³-hybridized carbons (Fsp3) is 0.333. The zero-order valence-corrected chi connectivity index (χ0v) is 17.2. The van der Waals surface area contributed by atoms with Gasteiger partial charge in [0.05, 0.1) is 23.8 Å². The lowest BCUT2D eigenvalue weighted by Gasteiger charge is -2.35. The molecule has 0 atom stereocenters. The third kappa shape index (κ3) is 4.35. The fourth-order valence-electron chi connectivity index (χ4n) is 3.46. The predicted molar refractivity (Wildman–Crippen MR) is 116 cm³/mol. The highest BCUT2D eigenvalue weighted by Gasteiger charge is 2.27. The molecule has 1 fully saturated rings. The number of aromatic amines is 1. The van der Waals surface area contributed by atoms with Gasteiger partial charge in [-0.05, 0) is 12.5 Å². The van der Waals surface area contributed by atoms with Crippen molar-refractivity contribution in [2.24, 2.45) is 12.0 Å². The van der Waals surface area contributed by atoms with Crippen LogP contribution in [-0.2, 0) is 18.4 Å². The van der Waals surface area contributed by atoms with Crippen LogP contribution in [0.1, 0.15) is 12.7 Å². The number of aryl methyl sites for hydroxylation is 1. The summed E-state index contributed by atoms with van der Waals surface area (Å²) in [5.74, 6) is 1.53. The van der Waals surface area contributed by atoms with Gasteiger partial charge in [0.15, 0.2) is 5.96 Å². The highest BCUT2D eigenvalue weighted by Crippen LogP contribution is 2.17. The van der Waals surface area contributed by atoms with Gasteiger partial charge in [-0.1, -0.05) is 30.3 Å². The Morgan fingerprint density at radius 1 is 1.23 bits per heavy atom. The quantitative estimate of drug-likeness (QED) is 0.496. The predicted octanol–water partition coefficient (Wildman–Crippen LogP) is 1.62. The van der Waals surface area contributed by atoms with E-state index in [0.717, 1.165) is 29.3 Å². The van der Waals surface area contributed by atoms with E-state index in [1.54, 1.807) is 15.8 Å². The highest BCUT2D eigenvalue weighted by molar-refractivity contribution is 5.98. The second-order valence-corrected chi connectivity index (χ2v) is 7.12. The van der Waals surface area contributed by atoms with Crippen LogP contribution in [0.2, 0.25) is 0 Å². The maximum absolute atomic E-state index is 12.7. The lowest BCUT2D eigenvalue weighted by Crippen LogP contribution is -2.55. The second kappa shape index (κ2) is 8.81. The number of guanidine groups is 1. The zero-order chi connectivity index (χ0) is 20.9. The SMILES string of the molecule is CCNC(=NCc1ncc(-c2ccccc2)[nH]1)N1CCN(c2cnn(C)c2)C(=O)C1. The summed E-state index contributed by atoms with van der Waals surface area (Å²) in [5, 5.41) is 7.45. The molecule has 1 aliphatic rings. The molecule has 3 heterocycles. The van der Waals surface area contributed by atoms with Crippen LogP contribution in [0.3, 0.4) is 0 Å². The van der Waals surface area contributed by atoms with Gasteiger partial charge in [-0.3, -0.25) is 9.48 Å². The molecule has 156 valence electrons. The Bertz CT molecular complexity index is 1020. The van der Waals surface area contributed by atoms with Gasteiger partial charge in [-0.2, -0.15) is 5.10 Å². The minimum absolute atomic E-state index is 0.0317. The van der Waals surface area contributed by atoms with Crippen molar-refractivity contribution < 1.29 is 4.79 Å². The molecule has 30 heavy (non-hydrogen) atoms. The molecule has 0 aliphatic carbocycles. The Kier molecular flexibility index (Phi) is 5.78. The van der Waals surface area contributed by atoms with Crippen LogP contribution in [0.15, 0.2) is 53.9 Å². The van der Waals surface area contributed by atoms with E-state index in [1.807, 2.05) is 61.6 Å². The van der Waals surface area contributed by atoms with Gasteiger partial charge in [0, 0.05) is 32.9 Å². The number of aliphatic imine (C=N–C) groups is 1. The van der Waals surface area contributed by atoms with Crippen molar-refractivity contribution in [1.82, 2.24) is 30.0 Å². The van der Waals surface area contributed by atoms with Crippen molar-refractivity contribution in [3.63, 3.8) is 0 Å². The number of H-pyrrole nitrogens is 1. The number of aromatic nitrogens is 4. The molecule has 0 radical (unpaired) electrons. The number of nitrogens with one attached hydrogen (secondary N) is 2. The van der Waals surface area contributed by atoms with E-state index >= 15 is 0 Å². The van der Waals surface area contributed by atoms with Crippen molar-refractivity contribution in [3.8, 4) is 11.3 Å². The van der Waals surface area contributed by atoms with Crippen LogP contribution in [0.5, 0.6) is 0 Å². The number of benzene rings is 1. The summed E-state index contributed by atoms with van der Waals surface area (Å²) >= 11 is 0. The van der Waals surface area contributed by atoms with E-state index in [0.29, 0.717) is 25.6 Å². The fourth-order valence-corrected chi connectivity index (χ4v) is 3.46. The topological polar surface area (TPSA) is 94.4 Å². The van der Waals surface area contributed by atoms with E-state index in [1.165, 1.54) is 0 Å². The molecule has 1 aliphatic heterocycles. The summed E-state index contributed by atoms with van der Waals surface area (Å²) in [6.45, 7) is 4.71. The molecule has 9 nitrogen and oxygen atoms in total. The summed E-state index contributed by atoms with van der Waals surface area (Å²) in [6, 6.07) is 10.1. The van der Waals surface area contributed by atoms with Crippen LogP contribution in [-0.4, -0.2) is 62.7 Å². The largest absolute Gasteiger partial charge is 0.356 e. The Morgan fingerprint density at radius 3 is 2.77 bits per heavy atom. The first kappa shape index (κ1) is 19.7. The monoisotopic (exact) mass is 406 g/mol. The molecular formula is C21H26N8O. The van der Waals surface area contributed by atoms with Gasteiger partial charge in [-0.25, -0.2) is 9.98 Å². The number of hydrogen-bond acceptors (Lipinski definition) is 4. The molecule has 9 heteroatoms. The summed E-state index contributed by atoms with van der Waals surface area (Å²) in [4.78, 5) is 28.9. The standard InChI is InChI=1S/C21H26N8O/c1-3-22-21(24-13-19-23-12-18(26-19)16-7-5-4-6-8-16)28-9-10-29(20(30)15-28)17-11-25-27(2)14-17/h4-8,11-12,14H,3,9-10,13,15H2,1-2H3,(H,22,24)(H,23,26). The molecular weight excluding hydrogens is 380 g/mol. The van der Waals surface area contributed by atoms with Crippen molar-refractivity contribution in [1.29, 1.82) is 0 Å². The number of carbonyl (C=O) groups excluding carboxylic acids is 1. The Morgan fingerprint density at radius 2 is 2.07 bits per heavy atom. The first-order chi connectivity index (χ1) is 14.6. The van der Waals surface area contributed by atoms with Crippen LogP contribution < -0.4 is 10.2 Å². The van der Waals surface area contributed by atoms with Crippen molar-refractivity contribution >= 4 is 17.6 Å². The average molecular weight is 406 g/mol. The third-order valence-corrected chi connectivity index (χ3v) is 4.95. The lowest BCUT2D eigenvalue weighted by atomic mass is 10.2. The van der Waals surface area contributed by atoms with E-state index in [-0.39, 0.29) is 12.5 Å². The summed E-state index contributed by atoms with van der Waals surface area (Å²) in [7, 11) is 1.85. The average Bonchev–Trinajstić information content (AvgIpc) is 3.41. The first-order valence-electron chi connectivity index (χ1n) is 10.1. The minimum atomic E-state index is 0.0317. The number of carbonyl (C=O) groups is 1. The van der Waals surface area contributed by atoms with Crippen molar-refractivity contribution in [3.05, 3.63) is 54.7 Å². The molecule has 1 amide bonds. The van der Waals surface area contributed by atoms with Gasteiger partial charge >= 0.3 is 0 Å². The third-order valence-electron chi connectivity index (χ3n) is 4.95.